The van der Waals surface area contributed by atoms with Gasteiger partial charge in [0, 0.05) is 10.9 Å². The van der Waals surface area contributed by atoms with E-state index in [4.69, 9.17) is 9.47 Å². The molecule has 0 spiro atoms. The maximum atomic E-state index is 12.5. The molecule has 0 fully saturated rings. The Balaban J connectivity index is 2.62. The molecule has 122 valence electrons. The minimum absolute atomic E-state index is 0.0687. The van der Waals surface area contributed by atoms with Gasteiger partial charge in [-0.15, -0.1) is 0 Å². The molecule has 23 heavy (non-hydrogen) atoms. The first kappa shape index (κ1) is 16.7. The Morgan fingerprint density at radius 1 is 1.22 bits per heavy atom. The van der Waals surface area contributed by atoms with E-state index in [9.17, 15) is 14.4 Å². The first-order chi connectivity index (χ1) is 10.8. The highest BCUT2D eigenvalue weighted by atomic mass is 16.6. The second-order valence-corrected chi connectivity index (χ2v) is 6.00. The minimum atomic E-state index is -0.706. The van der Waals surface area contributed by atoms with Crippen molar-refractivity contribution in [3.05, 3.63) is 35.5 Å². The van der Waals surface area contributed by atoms with Crippen LogP contribution in [0.2, 0.25) is 0 Å². The molecular formula is C17H19NO5. The van der Waals surface area contributed by atoms with Crippen LogP contribution in [0.4, 0.5) is 4.79 Å². The summed E-state index contributed by atoms with van der Waals surface area (Å²) in [5.74, 6) is -0.623. The fourth-order valence-electron chi connectivity index (χ4n) is 2.17. The SMILES string of the molecule is CCOC(=O)c1cc2cc(C=O)ccc2n1C(=O)OC(C)(C)C. The van der Waals surface area contributed by atoms with Gasteiger partial charge in [-0.1, -0.05) is 0 Å². The first-order valence-corrected chi connectivity index (χ1v) is 7.28. The molecule has 0 aliphatic heterocycles. The van der Waals surface area contributed by atoms with Crippen LogP contribution in [0.5, 0.6) is 0 Å². The van der Waals surface area contributed by atoms with E-state index in [0.29, 0.717) is 22.8 Å². The quantitative estimate of drug-likeness (QED) is 0.640. The summed E-state index contributed by atoms with van der Waals surface area (Å²) in [6.07, 6.45) is 0.0308. The van der Waals surface area contributed by atoms with Gasteiger partial charge in [-0.2, -0.15) is 0 Å². The average Bonchev–Trinajstić information content (AvgIpc) is 2.84. The zero-order chi connectivity index (χ0) is 17.2. The van der Waals surface area contributed by atoms with Gasteiger partial charge >= 0.3 is 12.1 Å². The van der Waals surface area contributed by atoms with E-state index in [1.165, 1.54) is 10.6 Å². The van der Waals surface area contributed by atoms with Gasteiger partial charge in [0.2, 0.25) is 0 Å². The molecule has 0 bridgehead atoms. The Labute approximate surface area is 134 Å². The highest BCUT2D eigenvalue weighted by Crippen LogP contribution is 2.23. The molecule has 0 aliphatic rings. The summed E-state index contributed by atoms with van der Waals surface area (Å²) in [6, 6.07) is 6.30. The number of aldehydes is 1. The summed E-state index contributed by atoms with van der Waals surface area (Å²) in [7, 11) is 0. The number of hydrogen-bond acceptors (Lipinski definition) is 5. The molecule has 0 amide bonds. The normalized spacial score (nSPS) is 11.3. The number of aromatic nitrogens is 1. The molecule has 0 saturated carbocycles. The Hall–Kier alpha value is -2.63. The van der Waals surface area contributed by atoms with E-state index in [1.54, 1.807) is 45.9 Å². The smallest absolute Gasteiger partial charge is 0.419 e. The zero-order valence-corrected chi connectivity index (χ0v) is 13.6. The molecule has 0 aliphatic carbocycles. The van der Waals surface area contributed by atoms with E-state index in [-0.39, 0.29) is 12.3 Å². The fourth-order valence-corrected chi connectivity index (χ4v) is 2.17. The minimum Gasteiger partial charge on any atom is -0.461 e. The van der Waals surface area contributed by atoms with Crippen LogP contribution in [0.1, 0.15) is 48.5 Å². The van der Waals surface area contributed by atoms with Crippen LogP contribution in [-0.4, -0.2) is 35.1 Å². The number of esters is 1. The van der Waals surface area contributed by atoms with Crippen LogP contribution in [-0.2, 0) is 9.47 Å². The van der Waals surface area contributed by atoms with Crippen molar-refractivity contribution in [2.45, 2.75) is 33.3 Å². The number of nitrogens with zero attached hydrogens (tertiary/aromatic N) is 1. The molecule has 6 nitrogen and oxygen atoms in total. The highest BCUT2D eigenvalue weighted by molar-refractivity contribution is 6.02. The van der Waals surface area contributed by atoms with Crippen LogP contribution < -0.4 is 0 Å². The topological polar surface area (TPSA) is 74.6 Å². The Morgan fingerprint density at radius 3 is 2.48 bits per heavy atom. The van der Waals surface area contributed by atoms with Gasteiger partial charge in [-0.05, 0) is 52.0 Å². The molecule has 0 saturated heterocycles. The van der Waals surface area contributed by atoms with Gasteiger partial charge in [0.25, 0.3) is 0 Å². The van der Waals surface area contributed by atoms with Gasteiger partial charge in [-0.25, -0.2) is 14.2 Å². The fraction of sp³-hybridized carbons (Fsp3) is 0.353. The number of ether oxygens (including phenoxy) is 2. The summed E-state index contributed by atoms with van der Waals surface area (Å²) in [5.41, 5.74) is 0.295. The number of carbonyl (C=O) groups is 3. The van der Waals surface area contributed by atoms with Crippen molar-refractivity contribution >= 4 is 29.3 Å². The monoisotopic (exact) mass is 317 g/mol. The molecule has 2 aromatic rings. The number of carbonyl (C=O) groups excluding carboxylic acids is 3. The Kier molecular flexibility index (Phi) is 4.54. The predicted octanol–water partition coefficient (Wildman–Crippen LogP) is 3.41. The lowest BCUT2D eigenvalue weighted by Crippen LogP contribution is -2.29. The lowest BCUT2D eigenvalue weighted by molar-refractivity contribution is 0.0454. The lowest BCUT2D eigenvalue weighted by Gasteiger charge is -2.20. The zero-order valence-electron chi connectivity index (χ0n) is 13.6. The molecule has 2 rings (SSSR count). The van der Waals surface area contributed by atoms with Gasteiger partial charge in [0.15, 0.2) is 0 Å². The number of hydrogen-bond donors (Lipinski definition) is 0. The average molecular weight is 317 g/mol. The molecule has 0 atom stereocenters. The van der Waals surface area contributed by atoms with Crippen LogP contribution in [0.25, 0.3) is 10.9 Å². The van der Waals surface area contributed by atoms with Crippen molar-refractivity contribution in [1.82, 2.24) is 4.57 Å². The van der Waals surface area contributed by atoms with Crippen molar-refractivity contribution in [2.24, 2.45) is 0 Å². The molecule has 1 aromatic heterocycles. The third-order valence-corrected chi connectivity index (χ3v) is 3.02. The second-order valence-electron chi connectivity index (χ2n) is 6.00. The number of benzene rings is 1. The summed E-state index contributed by atoms with van der Waals surface area (Å²) >= 11 is 0. The van der Waals surface area contributed by atoms with Crippen LogP contribution >= 0.6 is 0 Å². The van der Waals surface area contributed by atoms with E-state index >= 15 is 0 Å². The summed E-state index contributed by atoms with van der Waals surface area (Å²) in [6.45, 7) is 7.10. The van der Waals surface area contributed by atoms with Crippen molar-refractivity contribution in [3.8, 4) is 0 Å². The molecule has 1 heterocycles. The second kappa shape index (κ2) is 6.24. The number of rotatable bonds is 3. The van der Waals surface area contributed by atoms with Crippen molar-refractivity contribution in [3.63, 3.8) is 0 Å². The van der Waals surface area contributed by atoms with Crippen molar-refractivity contribution in [2.75, 3.05) is 6.61 Å². The summed E-state index contributed by atoms with van der Waals surface area (Å²) in [5, 5.41) is 0.587. The molecular weight excluding hydrogens is 298 g/mol. The summed E-state index contributed by atoms with van der Waals surface area (Å²) < 4.78 is 11.5. The standard InChI is InChI=1S/C17H19NO5/c1-5-22-15(20)14-9-12-8-11(10-19)6-7-13(12)18(14)16(21)23-17(2,3)4/h6-10H,5H2,1-4H3. The Morgan fingerprint density at radius 2 is 1.91 bits per heavy atom. The molecule has 0 radical (unpaired) electrons. The van der Waals surface area contributed by atoms with Gasteiger partial charge in [0.1, 0.15) is 17.6 Å². The van der Waals surface area contributed by atoms with E-state index in [0.717, 1.165) is 0 Å². The molecule has 0 N–H and O–H groups in total. The number of fused-ring (bicyclic) bond motifs is 1. The van der Waals surface area contributed by atoms with Crippen LogP contribution in [0.15, 0.2) is 24.3 Å². The van der Waals surface area contributed by atoms with Gasteiger partial charge in [0.05, 0.1) is 12.1 Å². The van der Waals surface area contributed by atoms with Gasteiger partial charge in [-0.3, -0.25) is 4.79 Å². The van der Waals surface area contributed by atoms with Crippen molar-refractivity contribution in [1.29, 1.82) is 0 Å². The molecule has 6 heteroatoms. The highest BCUT2D eigenvalue weighted by Gasteiger charge is 2.25. The maximum Gasteiger partial charge on any atom is 0.419 e. The Bertz CT molecular complexity index is 767. The summed E-state index contributed by atoms with van der Waals surface area (Å²) in [4.78, 5) is 35.5. The van der Waals surface area contributed by atoms with Crippen LogP contribution in [0, 0.1) is 0 Å². The largest absolute Gasteiger partial charge is 0.461 e. The molecule has 0 unspecified atom stereocenters. The first-order valence-electron chi connectivity index (χ1n) is 7.28. The third kappa shape index (κ3) is 3.59. The maximum absolute atomic E-state index is 12.5. The van der Waals surface area contributed by atoms with E-state index in [1.807, 2.05) is 0 Å². The van der Waals surface area contributed by atoms with Crippen LogP contribution in [0.3, 0.4) is 0 Å². The third-order valence-electron chi connectivity index (χ3n) is 3.02. The van der Waals surface area contributed by atoms with E-state index in [2.05, 4.69) is 0 Å². The molecule has 1 aromatic carbocycles. The lowest BCUT2D eigenvalue weighted by atomic mass is 10.2. The van der Waals surface area contributed by atoms with E-state index < -0.39 is 17.7 Å². The predicted molar refractivity (Wildman–Crippen MR) is 84.9 cm³/mol. The van der Waals surface area contributed by atoms with Crippen molar-refractivity contribution < 1.29 is 23.9 Å². The van der Waals surface area contributed by atoms with Gasteiger partial charge < -0.3 is 9.47 Å².